The van der Waals surface area contributed by atoms with Crippen LogP contribution in [0.15, 0.2) is 47.6 Å². The molecule has 2 aromatic rings. The number of carbonyl (C=O) groups is 5. The first-order valence-electron chi connectivity index (χ1n) is 18.1. The summed E-state index contributed by atoms with van der Waals surface area (Å²) in [5.41, 5.74) is 0.278. The molecule has 4 amide bonds. The molecule has 3 fully saturated rings. The van der Waals surface area contributed by atoms with Crippen molar-refractivity contribution in [1.29, 1.82) is 0 Å². The van der Waals surface area contributed by atoms with Crippen molar-refractivity contribution in [2.45, 2.75) is 88.9 Å². The number of methoxy groups -OCH3 is 2. The predicted octanol–water partition coefficient (Wildman–Crippen LogP) is 3.76. The van der Waals surface area contributed by atoms with Gasteiger partial charge in [0.2, 0.25) is 23.5 Å². The Bertz CT molecular complexity index is 1810. The number of benzene rings is 2. The van der Waals surface area contributed by atoms with Crippen molar-refractivity contribution in [2.24, 2.45) is 22.4 Å². The number of likely N-dealkylation sites (tertiary alicyclic amines) is 1. The molecule has 2 aliphatic heterocycles. The van der Waals surface area contributed by atoms with Gasteiger partial charge in [0.1, 0.15) is 23.6 Å². The molecular weight excluding hydrogens is 702 g/mol. The summed E-state index contributed by atoms with van der Waals surface area (Å²) >= 11 is 6.48. The van der Waals surface area contributed by atoms with E-state index in [1.165, 1.54) is 26.2 Å². The van der Waals surface area contributed by atoms with Crippen molar-refractivity contribution >= 4 is 46.7 Å². The Morgan fingerprint density at radius 1 is 1.02 bits per heavy atom. The van der Waals surface area contributed by atoms with E-state index in [9.17, 15) is 24.0 Å². The highest BCUT2D eigenvalue weighted by atomic mass is 35.5. The van der Waals surface area contributed by atoms with Crippen LogP contribution < -0.4 is 25.4 Å². The van der Waals surface area contributed by atoms with Gasteiger partial charge < -0.3 is 35.2 Å². The normalized spacial score (nSPS) is 24.4. The van der Waals surface area contributed by atoms with E-state index in [1.54, 1.807) is 12.1 Å². The largest absolute Gasteiger partial charge is 0.496 e. The average molecular weight is 750 g/mol. The van der Waals surface area contributed by atoms with E-state index in [4.69, 9.17) is 25.9 Å². The maximum atomic E-state index is 14.8. The van der Waals surface area contributed by atoms with Gasteiger partial charge in [-0.05, 0) is 41.7 Å². The molecule has 2 saturated carbocycles. The van der Waals surface area contributed by atoms with Gasteiger partial charge in [0.05, 0.1) is 37.5 Å². The number of halogens is 1. The van der Waals surface area contributed by atoms with E-state index in [1.807, 2.05) is 51.1 Å². The molecule has 6 rings (SSSR count). The number of carbonyl (C=O) groups excluding carboxylic acids is 5. The van der Waals surface area contributed by atoms with Crippen LogP contribution in [0.1, 0.15) is 76.3 Å². The highest BCUT2D eigenvalue weighted by molar-refractivity contribution is 6.38. The molecule has 13 nitrogen and oxygen atoms in total. The third kappa shape index (κ3) is 8.14. The number of Topliss-reactive ketones (excluding diaryl/α,β-unsaturated/α-hetero) is 1. The zero-order valence-corrected chi connectivity index (χ0v) is 31.7. The molecule has 1 saturated heterocycles. The van der Waals surface area contributed by atoms with E-state index in [0.29, 0.717) is 40.6 Å². The second-order valence-corrected chi connectivity index (χ2v) is 16.1. The summed E-state index contributed by atoms with van der Waals surface area (Å²) in [4.78, 5) is 75.8. The Kier molecular flexibility index (Phi) is 10.8. The van der Waals surface area contributed by atoms with Crippen LogP contribution in [-0.4, -0.2) is 91.6 Å². The lowest BCUT2D eigenvalue weighted by Gasteiger charge is -2.35. The van der Waals surface area contributed by atoms with E-state index >= 15 is 0 Å². The lowest BCUT2D eigenvalue weighted by molar-refractivity contribution is -0.145. The van der Waals surface area contributed by atoms with E-state index in [2.05, 4.69) is 21.1 Å². The molecule has 1 spiro atoms. The van der Waals surface area contributed by atoms with Gasteiger partial charge in [0.15, 0.2) is 5.60 Å². The summed E-state index contributed by atoms with van der Waals surface area (Å²) in [5, 5.41) is 13.0. The van der Waals surface area contributed by atoms with Crippen LogP contribution in [0.5, 0.6) is 11.5 Å². The number of likely N-dealkylation sites (N-methyl/N-ethyl adjacent to an activating group) is 1. The first-order valence-corrected chi connectivity index (χ1v) is 18.5. The van der Waals surface area contributed by atoms with Crippen molar-refractivity contribution < 1.29 is 38.3 Å². The fraction of sp³-hybridized carbons (Fsp3) is 0.538. The van der Waals surface area contributed by atoms with Crippen LogP contribution in [0.3, 0.4) is 0 Å². The fourth-order valence-electron chi connectivity index (χ4n) is 7.44. The number of hydrogen-bond donors (Lipinski definition) is 3. The van der Waals surface area contributed by atoms with Gasteiger partial charge in [0.25, 0.3) is 5.91 Å². The second-order valence-electron chi connectivity index (χ2n) is 15.7. The zero-order chi connectivity index (χ0) is 38.2. The third-order valence-electron chi connectivity index (χ3n) is 10.7. The van der Waals surface area contributed by atoms with Crippen LogP contribution >= 0.6 is 11.6 Å². The van der Waals surface area contributed by atoms with Crippen molar-refractivity contribution in [1.82, 2.24) is 20.9 Å². The van der Waals surface area contributed by atoms with Gasteiger partial charge in [-0.1, -0.05) is 80.7 Å². The maximum absolute atomic E-state index is 14.8. The number of amides is 4. The molecular formula is C39H48ClN5O8. The Morgan fingerprint density at radius 3 is 2.34 bits per heavy atom. The predicted molar refractivity (Wildman–Crippen MR) is 197 cm³/mol. The molecule has 2 aromatic carbocycles. The SMILES string of the molecule is CNC(=O)C(=O)[C@H](CC1CC1)NC(=O)[C@@H]1C[C@]2(CC(c3cc(Cl)c(OC)cc3OC)=NO2)CN1C(=O)[C@@H](NC(=O)[C@H]1C[C@@H]1c1ccccc1)C(C)(C)C. The molecule has 0 bridgehead atoms. The lowest BCUT2D eigenvalue weighted by atomic mass is 9.85. The summed E-state index contributed by atoms with van der Waals surface area (Å²) in [6.07, 6.45) is 3.03. The van der Waals surface area contributed by atoms with Gasteiger partial charge in [-0.2, -0.15) is 0 Å². The number of oxime groups is 1. The van der Waals surface area contributed by atoms with Gasteiger partial charge >= 0.3 is 0 Å². The highest BCUT2D eigenvalue weighted by Crippen LogP contribution is 2.48. The summed E-state index contributed by atoms with van der Waals surface area (Å²) in [7, 11) is 4.37. The Morgan fingerprint density at radius 2 is 1.72 bits per heavy atom. The first kappa shape index (κ1) is 38.1. The Hall–Kier alpha value is -4.65. The molecule has 53 heavy (non-hydrogen) atoms. The van der Waals surface area contributed by atoms with Crippen LogP contribution in [0.4, 0.5) is 0 Å². The topological polar surface area (TPSA) is 165 Å². The van der Waals surface area contributed by atoms with Crippen LogP contribution in [0.25, 0.3) is 0 Å². The Labute approximate surface area is 314 Å². The van der Waals surface area contributed by atoms with E-state index < -0.39 is 52.6 Å². The van der Waals surface area contributed by atoms with Gasteiger partial charge in [0, 0.05) is 37.4 Å². The first-order chi connectivity index (χ1) is 25.2. The summed E-state index contributed by atoms with van der Waals surface area (Å²) in [5.74, 6) is -1.97. The standard InChI is InChI=1S/C39H48ClN5O8/c1-38(2,3)33(43-34(47)24-15-23(24)22-10-8-7-9-11-22)37(50)45-20-39(18-28(44-53-39)25-16-26(40)31(52-6)17-30(25)51-5)19-29(45)35(48)42-27(14-21-12-13-21)32(46)36(49)41-4/h7-11,16-17,21,23-24,27,29,33H,12-15,18-20H2,1-6H3,(H,41,49)(H,42,48)(H,43,47)/t23-,24+,27+,29+,33-,39-/m1/s1. The minimum Gasteiger partial charge on any atom is -0.496 e. The van der Waals surface area contributed by atoms with Gasteiger partial charge in [-0.25, -0.2) is 0 Å². The summed E-state index contributed by atoms with van der Waals surface area (Å²) in [6, 6.07) is 9.96. The summed E-state index contributed by atoms with van der Waals surface area (Å²) in [6.45, 7) is 5.55. The fourth-order valence-corrected chi connectivity index (χ4v) is 7.69. The van der Waals surface area contributed by atoms with E-state index in [-0.39, 0.29) is 43.0 Å². The number of nitrogens with one attached hydrogen (secondary N) is 3. The lowest BCUT2D eigenvalue weighted by Crippen LogP contribution is -2.59. The molecule has 2 aliphatic carbocycles. The molecule has 0 radical (unpaired) electrons. The smallest absolute Gasteiger partial charge is 0.289 e. The van der Waals surface area contributed by atoms with Crippen LogP contribution in [0.2, 0.25) is 5.02 Å². The number of ether oxygens (including phenoxy) is 2. The van der Waals surface area contributed by atoms with Crippen LogP contribution in [-0.2, 0) is 28.8 Å². The Balaban J connectivity index is 1.28. The van der Waals surface area contributed by atoms with Crippen molar-refractivity contribution in [3.8, 4) is 11.5 Å². The zero-order valence-electron chi connectivity index (χ0n) is 31.0. The molecule has 6 atom stereocenters. The summed E-state index contributed by atoms with van der Waals surface area (Å²) < 4.78 is 11.0. The number of ketones is 1. The molecule has 4 aliphatic rings. The molecule has 0 unspecified atom stereocenters. The number of hydrogen-bond acceptors (Lipinski definition) is 9. The molecule has 2 heterocycles. The monoisotopic (exact) mass is 749 g/mol. The van der Waals surface area contributed by atoms with Crippen LogP contribution in [0, 0.1) is 17.3 Å². The van der Waals surface area contributed by atoms with Gasteiger partial charge in [-0.15, -0.1) is 0 Å². The quantitative estimate of drug-likeness (QED) is 0.261. The molecule has 3 N–H and O–H groups in total. The minimum atomic E-state index is -1.12. The van der Waals surface area contributed by atoms with Crippen molar-refractivity contribution in [3.63, 3.8) is 0 Å². The van der Waals surface area contributed by atoms with Crippen molar-refractivity contribution in [2.75, 3.05) is 27.8 Å². The highest BCUT2D eigenvalue weighted by Gasteiger charge is 2.56. The molecule has 0 aromatic heterocycles. The minimum absolute atomic E-state index is 0.0294. The van der Waals surface area contributed by atoms with Crippen molar-refractivity contribution in [3.05, 3.63) is 58.6 Å². The molecule has 14 heteroatoms. The maximum Gasteiger partial charge on any atom is 0.289 e. The van der Waals surface area contributed by atoms with E-state index in [0.717, 1.165) is 18.4 Å². The second kappa shape index (κ2) is 15.0. The number of nitrogens with zero attached hydrogens (tertiary/aromatic N) is 2. The number of rotatable bonds is 13. The average Bonchev–Trinajstić information content (AvgIpc) is 4.07. The molecule has 284 valence electrons. The van der Waals surface area contributed by atoms with Gasteiger partial charge in [-0.3, -0.25) is 24.0 Å². The third-order valence-corrected chi connectivity index (χ3v) is 11.0.